The number of aromatic nitrogens is 3. The van der Waals surface area contributed by atoms with Gasteiger partial charge in [0.2, 0.25) is 0 Å². The van der Waals surface area contributed by atoms with Crippen LogP contribution in [-0.4, -0.2) is 69.7 Å². The molecule has 4 aliphatic heterocycles. The van der Waals surface area contributed by atoms with Gasteiger partial charge in [0.25, 0.3) is 0 Å². The van der Waals surface area contributed by atoms with E-state index in [2.05, 4.69) is 10.3 Å². The minimum Gasteiger partial charge on any atom is -0.368 e. The molecule has 0 bridgehead atoms. The van der Waals surface area contributed by atoms with E-state index in [0.717, 1.165) is 16.8 Å². The summed E-state index contributed by atoms with van der Waals surface area (Å²) in [5.74, 6) is -1.54. The van der Waals surface area contributed by atoms with E-state index in [0.29, 0.717) is 19.8 Å². The Bertz CT molecular complexity index is 1350. The smallest absolute Gasteiger partial charge is 0.190 e. The van der Waals surface area contributed by atoms with Gasteiger partial charge in [-0.15, -0.1) is 5.10 Å². The Morgan fingerprint density at radius 3 is 1.88 bits per heavy atom. The quantitative estimate of drug-likeness (QED) is 0.371. The molecule has 4 fully saturated rings. The van der Waals surface area contributed by atoms with Crippen molar-refractivity contribution in [1.82, 2.24) is 15.0 Å². The van der Waals surface area contributed by atoms with Crippen LogP contribution < -0.4 is 0 Å². The highest BCUT2D eigenvalue weighted by atomic mass is 16.9. The molecule has 0 saturated carbocycles. The van der Waals surface area contributed by atoms with Crippen molar-refractivity contribution in [3.63, 3.8) is 0 Å². The fourth-order valence-electron chi connectivity index (χ4n) is 6.13. The van der Waals surface area contributed by atoms with Crippen molar-refractivity contribution in [2.45, 2.75) is 108 Å². The van der Waals surface area contributed by atoms with Gasteiger partial charge in [0.1, 0.15) is 36.6 Å². The number of hydrogen-bond donors (Lipinski definition) is 0. The van der Waals surface area contributed by atoms with Crippen LogP contribution in [0.4, 0.5) is 0 Å². The zero-order valence-corrected chi connectivity index (χ0v) is 24.2. The van der Waals surface area contributed by atoms with Crippen molar-refractivity contribution in [1.29, 1.82) is 0 Å². The van der Waals surface area contributed by atoms with E-state index in [-0.39, 0.29) is 6.10 Å². The van der Waals surface area contributed by atoms with Gasteiger partial charge in [0, 0.05) is 0 Å². The number of ether oxygens (including phenoxy) is 8. The van der Waals surface area contributed by atoms with E-state index < -0.39 is 54.7 Å². The summed E-state index contributed by atoms with van der Waals surface area (Å²) >= 11 is 0. The minimum absolute atomic E-state index is 0.350. The standard InChI is InChI=1S/C31H37N3O8/c1-30(2)39-26-24(35-17-19-11-7-5-8-12-19)22(37-28(26)41-30)16-34-21(15-32-33-34)23-25(36-18-20-13-9-6-10-14-20)27-29(38-23)42-31(3,4)40-27/h5-15,22-29H,16-18H2,1-4H3/t22-,23-,24+,25-,26-,27-,28-,29-/m1/s1. The van der Waals surface area contributed by atoms with Crippen LogP contribution >= 0.6 is 0 Å². The third-order valence-corrected chi connectivity index (χ3v) is 7.94. The van der Waals surface area contributed by atoms with E-state index in [1.54, 1.807) is 10.9 Å². The SMILES string of the molecule is CC1(C)O[C@H]2O[C@H](Cn3nncc3[C@H]3O[C@@H]4OC(C)(C)O[C@@H]4[C@@H]3OCc3ccccc3)[C@H](OCc3ccccc3)[C@H]2O1. The summed E-state index contributed by atoms with van der Waals surface area (Å²) in [6.07, 6.45) is -2.00. The molecule has 0 N–H and O–H groups in total. The predicted molar refractivity (Wildman–Crippen MR) is 146 cm³/mol. The van der Waals surface area contributed by atoms with Crippen LogP contribution in [-0.2, 0) is 57.7 Å². The van der Waals surface area contributed by atoms with Crippen LogP contribution in [0.1, 0.15) is 50.6 Å². The summed E-state index contributed by atoms with van der Waals surface area (Å²) in [5.41, 5.74) is 2.85. The fourth-order valence-corrected chi connectivity index (χ4v) is 6.13. The van der Waals surface area contributed by atoms with E-state index in [9.17, 15) is 0 Å². The number of benzene rings is 2. The van der Waals surface area contributed by atoms with Gasteiger partial charge < -0.3 is 37.9 Å². The Morgan fingerprint density at radius 1 is 0.714 bits per heavy atom. The Kier molecular flexibility index (Phi) is 7.40. The number of rotatable bonds is 9. The molecule has 4 saturated heterocycles. The van der Waals surface area contributed by atoms with Crippen molar-refractivity contribution >= 4 is 0 Å². The molecule has 0 radical (unpaired) electrons. The van der Waals surface area contributed by atoms with Gasteiger partial charge in [0.05, 0.1) is 31.6 Å². The Labute approximate surface area is 244 Å². The third kappa shape index (κ3) is 5.63. The summed E-state index contributed by atoms with van der Waals surface area (Å²) < 4.78 is 52.0. The van der Waals surface area contributed by atoms with Crippen LogP contribution in [0.25, 0.3) is 0 Å². The minimum atomic E-state index is -0.778. The van der Waals surface area contributed by atoms with Gasteiger partial charge in [0.15, 0.2) is 24.2 Å². The van der Waals surface area contributed by atoms with Crippen LogP contribution in [0.5, 0.6) is 0 Å². The lowest BCUT2D eigenvalue weighted by molar-refractivity contribution is -0.223. The largest absolute Gasteiger partial charge is 0.368 e. The first-order valence-electron chi connectivity index (χ1n) is 14.5. The maximum atomic E-state index is 6.46. The second kappa shape index (κ2) is 11.1. The normalized spacial score (nSPS) is 34.5. The maximum absolute atomic E-state index is 6.46. The molecule has 0 unspecified atom stereocenters. The molecule has 0 spiro atoms. The molecular formula is C31H37N3O8. The van der Waals surface area contributed by atoms with Gasteiger partial charge in [-0.3, -0.25) is 0 Å². The van der Waals surface area contributed by atoms with Crippen molar-refractivity contribution < 1.29 is 37.9 Å². The monoisotopic (exact) mass is 579 g/mol. The summed E-state index contributed by atoms with van der Waals surface area (Å²) in [6.45, 7) is 8.67. The molecule has 2 aromatic carbocycles. The predicted octanol–water partition coefficient (Wildman–Crippen LogP) is 3.87. The molecule has 8 atom stereocenters. The molecule has 5 heterocycles. The van der Waals surface area contributed by atoms with Gasteiger partial charge >= 0.3 is 0 Å². The zero-order chi connectivity index (χ0) is 28.9. The third-order valence-electron chi connectivity index (χ3n) is 7.94. The lowest BCUT2D eigenvalue weighted by Crippen LogP contribution is -2.39. The van der Waals surface area contributed by atoms with Crippen molar-refractivity contribution in [3.8, 4) is 0 Å². The van der Waals surface area contributed by atoms with Gasteiger partial charge in [-0.25, -0.2) is 4.68 Å². The number of fused-ring (bicyclic) bond motifs is 2. The highest BCUT2D eigenvalue weighted by molar-refractivity contribution is 5.15. The zero-order valence-electron chi connectivity index (χ0n) is 24.2. The number of hydrogen-bond acceptors (Lipinski definition) is 10. The second-order valence-corrected chi connectivity index (χ2v) is 12.0. The molecule has 11 heteroatoms. The number of nitrogens with zero attached hydrogens (tertiary/aromatic N) is 3. The highest BCUT2D eigenvalue weighted by Gasteiger charge is 2.58. The molecule has 7 rings (SSSR count). The van der Waals surface area contributed by atoms with Crippen molar-refractivity contribution in [2.75, 3.05) is 0 Å². The maximum Gasteiger partial charge on any atom is 0.190 e. The molecule has 3 aromatic rings. The molecule has 11 nitrogen and oxygen atoms in total. The fraction of sp³-hybridized carbons (Fsp3) is 0.548. The van der Waals surface area contributed by atoms with Gasteiger partial charge in [-0.1, -0.05) is 65.9 Å². The Morgan fingerprint density at radius 2 is 1.26 bits per heavy atom. The topological polar surface area (TPSA) is 105 Å². The van der Waals surface area contributed by atoms with Crippen LogP contribution in [0.2, 0.25) is 0 Å². The first-order valence-corrected chi connectivity index (χ1v) is 14.5. The average Bonchev–Trinajstić information content (AvgIpc) is 3.74. The first-order chi connectivity index (χ1) is 20.2. The van der Waals surface area contributed by atoms with Crippen LogP contribution in [0, 0.1) is 0 Å². The second-order valence-electron chi connectivity index (χ2n) is 12.0. The van der Waals surface area contributed by atoms with E-state index in [1.807, 2.05) is 88.4 Å². The van der Waals surface area contributed by atoms with E-state index >= 15 is 0 Å². The summed E-state index contributed by atoms with van der Waals surface area (Å²) in [6, 6.07) is 20.0. The Balaban J connectivity index is 1.11. The lowest BCUT2D eigenvalue weighted by Gasteiger charge is -2.28. The van der Waals surface area contributed by atoms with E-state index in [4.69, 9.17) is 37.9 Å². The molecule has 224 valence electrons. The average molecular weight is 580 g/mol. The summed E-state index contributed by atoms with van der Waals surface area (Å²) in [7, 11) is 0. The first kappa shape index (κ1) is 28.1. The summed E-state index contributed by atoms with van der Waals surface area (Å²) in [4.78, 5) is 0. The molecule has 42 heavy (non-hydrogen) atoms. The molecule has 0 aliphatic carbocycles. The molecule has 4 aliphatic rings. The van der Waals surface area contributed by atoms with E-state index in [1.165, 1.54) is 0 Å². The molecular weight excluding hydrogens is 542 g/mol. The van der Waals surface area contributed by atoms with Crippen molar-refractivity contribution in [3.05, 3.63) is 83.7 Å². The lowest BCUT2D eigenvalue weighted by atomic mass is 10.1. The van der Waals surface area contributed by atoms with Gasteiger partial charge in [-0.05, 0) is 38.8 Å². The highest BCUT2D eigenvalue weighted by Crippen LogP contribution is 2.45. The molecule has 0 amide bonds. The summed E-state index contributed by atoms with van der Waals surface area (Å²) in [5, 5.41) is 8.64. The molecule has 1 aromatic heterocycles. The Hall–Kier alpha value is -2.74. The van der Waals surface area contributed by atoms with Crippen molar-refractivity contribution in [2.24, 2.45) is 0 Å². The van der Waals surface area contributed by atoms with Crippen LogP contribution in [0.3, 0.4) is 0 Å². The van der Waals surface area contributed by atoms with Gasteiger partial charge in [-0.2, -0.15) is 0 Å². The van der Waals surface area contributed by atoms with Crippen LogP contribution in [0.15, 0.2) is 66.9 Å².